The molecule has 0 radical (unpaired) electrons. The number of rotatable bonds is 5. The number of thiazole rings is 1. The van der Waals surface area contributed by atoms with Crippen LogP contribution >= 0.6 is 11.3 Å². The molecule has 4 nitrogen and oxygen atoms in total. The summed E-state index contributed by atoms with van der Waals surface area (Å²) in [6, 6.07) is 10.7. The number of allylic oxidation sites excluding steroid dienone is 1. The normalized spacial score (nSPS) is 12.1. The standard InChI is InChI=1S/C20H15F3N2O2S/c1-3-27-16-6-4-12(9-17(16)26-2)8-13(11-24)19-25-15-10-14(20(21,22)23)5-7-18(15)28-19/h4-10H,3H2,1-2H3/b13-8+. The molecular weight excluding hydrogens is 389 g/mol. The molecule has 0 spiro atoms. The lowest BCUT2D eigenvalue weighted by atomic mass is 10.1. The Bertz CT molecular complexity index is 1080. The predicted octanol–water partition coefficient (Wildman–Crippen LogP) is 5.79. The maximum Gasteiger partial charge on any atom is 0.416 e. The Morgan fingerprint density at radius 2 is 2.00 bits per heavy atom. The zero-order valence-corrected chi connectivity index (χ0v) is 15.8. The Kier molecular flexibility index (Phi) is 5.56. The molecule has 28 heavy (non-hydrogen) atoms. The maximum atomic E-state index is 12.9. The van der Waals surface area contributed by atoms with Gasteiger partial charge in [-0.25, -0.2) is 4.98 Å². The molecule has 3 rings (SSSR count). The minimum Gasteiger partial charge on any atom is -0.493 e. The molecule has 0 amide bonds. The fourth-order valence-corrected chi connectivity index (χ4v) is 3.49. The van der Waals surface area contributed by atoms with E-state index < -0.39 is 11.7 Å². The van der Waals surface area contributed by atoms with E-state index in [1.54, 1.807) is 24.3 Å². The summed E-state index contributed by atoms with van der Waals surface area (Å²) in [7, 11) is 1.52. The Morgan fingerprint density at radius 1 is 1.21 bits per heavy atom. The SMILES string of the molecule is CCOc1ccc(/C=C(\C#N)c2nc3cc(C(F)(F)F)ccc3s2)cc1OC. The Balaban J connectivity index is 2.00. The van der Waals surface area contributed by atoms with Gasteiger partial charge in [0.25, 0.3) is 0 Å². The van der Waals surface area contributed by atoms with Crippen LogP contribution in [0.25, 0.3) is 21.9 Å². The van der Waals surface area contributed by atoms with Gasteiger partial charge in [0.1, 0.15) is 11.1 Å². The largest absolute Gasteiger partial charge is 0.493 e. The van der Waals surface area contributed by atoms with Crippen molar-refractivity contribution in [3.63, 3.8) is 0 Å². The van der Waals surface area contributed by atoms with Crippen LogP contribution < -0.4 is 9.47 Å². The first-order valence-corrected chi connectivity index (χ1v) is 9.08. The van der Waals surface area contributed by atoms with Gasteiger partial charge in [0, 0.05) is 0 Å². The van der Waals surface area contributed by atoms with Crippen molar-refractivity contribution in [1.82, 2.24) is 4.98 Å². The third kappa shape index (κ3) is 4.10. The van der Waals surface area contributed by atoms with Gasteiger partial charge in [0.15, 0.2) is 11.5 Å². The van der Waals surface area contributed by atoms with Gasteiger partial charge in [0.2, 0.25) is 0 Å². The number of fused-ring (bicyclic) bond motifs is 1. The summed E-state index contributed by atoms with van der Waals surface area (Å²) >= 11 is 1.16. The summed E-state index contributed by atoms with van der Waals surface area (Å²) in [4.78, 5) is 4.22. The van der Waals surface area contributed by atoms with Gasteiger partial charge < -0.3 is 9.47 Å². The molecule has 0 fully saturated rings. The first-order chi connectivity index (χ1) is 13.4. The highest BCUT2D eigenvalue weighted by Crippen LogP contribution is 2.35. The summed E-state index contributed by atoms with van der Waals surface area (Å²) in [6.07, 6.45) is -2.83. The molecule has 0 saturated heterocycles. The van der Waals surface area contributed by atoms with Gasteiger partial charge in [0.05, 0.1) is 35.1 Å². The van der Waals surface area contributed by atoms with E-state index in [1.165, 1.54) is 13.2 Å². The topological polar surface area (TPSA) is 55.1 Å². The number of benzene rings is 2. The molecule has 0 saturated carbocycles. The number of nitrogens with zero attached hydrogens (tertiary/aromatic N) is 2. The third-order valence-corrected chi connectivity index (χ3v) is 4.93. The first kappa shape index (κ1) is 19.7. The monoisotopic (exact) mass is 404 g/mol. The van der Waals surface area contributed by atoms with Crippen molar-refractivity contribution >= 4 is 33.2 Å². The zero-order chi connectivity index (χ0) is 20.3. The average Bonchev–Trinajstić information content (AvgIpc) is 3.09. The van der Waals surface area contributed by atoms with Crippen molar-refractivity contribution in [2.24, 2.45) is 0 Å². The van der Waals surface area contributed by atoms with Gasteiger partial charge in [-0.3, -0.25) is 0 Å². The van der Waals surface area contributed by atoms with Crippen LogP contribution in [0.3, 0.4) is 0 Å². The Labute approximate surface area is 163 Å². The van der Waals surface area contributed by atoms with E-state index in [0.717, 1.165) is 23.5 Å². The van der Waals surface area contributed by atoms with E-state index in [4.69, 9.17) is 9.47 Å². The van der Waals surface area contributed by atoms with Crippen LogP contribution in [0.15, 0.2) is 36.4 Å². The predicted molar refractivity (Wildman–Crippen MR) is 102 cm³/mol. The highest BCUT2D eigenvalue weighted by molar-refractivity contribution is 7.19. The number of hydrogen-bond donors (Lipinski definition) is 0. The quantitative estimate of drug-likeness (QED) is 0.505. The lowest BCUT2D eigenvalue weighted by Crippen LogP contribution is -2.03. The van der Waals surface area contributed by atoms with E-state index >= 15 is 0 Å². The second kappa shape index (κ2) is 7.90. The molecule has 1 heterocycles. The molecule has 0 atom stereocenters. The summed E-state index contributed by atoms with van der Waals surface area (Å²) in [5.74, 6) is 1.10. The fourth-order valence-electron chi connectivity index (χ4n) is 2.58. The number of nitriles is 1. The fraction of sp³-hybridized carbons (Fsp3) is 0.200. The van der Waals surface area contributed by atoms with Crippen molar-refractivity contribution < 1.29 is 22.6 Å². The molecule has 144 valence electrons. The van der Waals surface area contributed by atoms with Crippen LogP contribution in [0.4, 0.5) is 13.2 Å². The highest BCUT2D eigenvalue weighted by Gasteiger charge is 2.30. The molecule has 0 aliphatic rings. The zero-order valence-electron chi connectivity index (χ0n) is 15.0. The summed E-state index contributed by atoms with van der Waals surface area (Å²) in [5.41, 5.74) is 0.379. The van der Waals surface area contributed by atoms with Gasteiger partial charge in [-0.05, 0) is 48.9 Å². The van der Waals surface area contributed by atoms with Gasteiger partial charge in [-0.1, -0.05) is 6.07 Å². The van der Waals surface area contributed by atoms with E-state index in [9.17, 15) is 18.4 Å². The number of methoxy groups -OCH3 is 1. The number of halogens is 3. The maximum absolute atomic E-state index is 12.9. The van der Waals surface area contributed by atoms with Gasteiger partial charge in [-0.2, -0.15) is 18.4 Å². The van der Waals surface area contributed by atoms with Crippen molar-refractivity contribution in [2.45, 2.75) is 13.1 Å². The van der Waals surface area contributed by atoms with Crippen LogP contribution in [0.2, 0.25) is 0 Å². The number of alkyl halides is 3. The molecule has 8 heteroatoms. The Morgan fingerprint density at radius 3 is 2.64 bits per heavy atom. The molecule has 3 aromatic rings. The molecular formula is C20H15F3N2O2S. The number of hydrogen-bond acceptors (Lipinski definition) is 5. The van der Waals surface area contributed by atoms with Crippen LogP contribution in [0.1, 0.15) is 23.1 Å². The smallest absolute Gasteiger partial charge is 0.416 e. The minimum absolute atomic E-state index is 0.209. The van der Waals surface area contributed by atoms with E-state index in [2.05, 4.69) is 11.1 Å². The molecule has 2 aromatic carbocycles. The molecule has 0 aliphatic carbocycles. The van der Waals surface area contributed by atoms with Crippen molar-refractivity contribution in [3.8, 4) is 17.6 Å². The molecule has 0 aliphatic heterocycles. The summed E-state index contributed by atoms with van der Waals surface area (Å²) < 4.78 is 50.0. The first-order valence-electron chi connectivity index (χ1n) is 8.26. The highest BCUT2D eigenvalue weighted by atomic mass is 32.1. The number of ether oxygens (including phenoxy) is 2. The summed E-state index contributed by atoms with van der Waals surface area (Å²) in [6.45, 7) is 2.35. The van der Waals surface area contributed by atoms with E-state index in [-0.39, 0.29) is 11.1 Å². The van der Waals surface area contributed by atoms with Crippen molar-refractivity contribution in [1.29, 1.82) is 5.26 Å². The van der Waals surface area contributed by atoms with Crippen LogP contribution in [-0.4, -0.2) is 18.7 Å². The molecule has 1 aromatic heterocycles. The lowest BCUT2D eigenvalue weighted by Gasteiger charge is -2.09. The molecule has 0 N–H and O–H groups in total. The Hall–Kier alpha value is -3.05. The minimum atomic E-state index is -4.44. The van der Waals surface area contributed by atoms with E-state index in [1.807, 2.05) is 6.92 Å². The van der Waals surface area contributed by atoms with Crippen molar-refractivity contribution in [3.05, 3.63) is 52.5 Å². The van der Waals surface area contributed by atoms with Crippen LogP contribution in [0, 0.1) is 11.3 Å². The van der Waals surface area contributed by atoms with Crippen LogP contribution in [0.5, 0.6) is 11.5 Å². The second-order valence-electron chi connectivity index (χ2n) is 5.71. The summed E-state index contributed by atoms with van der Waals surface area (Å²) in [5, 5.41) is 9.88. The molecule has 0 unspecified atom stereocenters. The third-order valence-electron chi connectivity index (χ3n) is 3.86. The number of aromatic nitrogens is 1. The van der Waals surface area contributed by atoms with Crippen LogP contribution in [-0.2, 0) is 6.18 Å². The average molecular weight is 404 g/mol. The second-order valence-corrected chi connectivity index (χ2v) is 6.74. The molecule has 0 bridgehead atoms. The van der Waals surface area contributed by atoms with Gasteiger partial charge >= 0.3 is 6.18 Å². The van der Waals surface area contributed by atoms with Crippen molar-refractivity contribution in [2.75, 3.05) is 13.7 Å². The lowest BCUT2D eigenvalue weighted by molar-refractivity contribution is -0.137. The van der Waals surface area contributed by atoms with E-state index in [0.29, 0.717) is 33.4 Å². The van der Waals surface area contributed by atoms with Gasteiger partial charge in [-0.15, -0.1) is 11.3 Å².